The predicted molar refractivity (Wildman–Crippen MR) is 105 cm³/mol. The molecule has 2 aromatic rings. The number of carbonyl (C=O) groups is 1. The van der Waals surface area contributed by atoms with E-state index in [1.54, 1.807) is 6.07 Å². The smallest absolute Gasteiger partial charge is 0.240 e. The number of nitrogens with zero attached hydrogens (tertiary/aromatic N) is 2. The fourth-order valence-corrected chi connectivity index (χ4v) is 4.35. The number of likely N-dealkylation sites (tertiary alicyclic amines) is 1. The summed E-state index contributed by atoms with van der Waals surface area (Å²) in [6.45, 7) is 8.10. The van der Waals surface area contributed by atoms with Crippen molar-refractivity contribution in [1.29, 1.82) is 0 Å². The summed E-state index contributed by atoms with van der Waals surface area (Å²) in [4.78, 5) is 33.1. The maximum absolute atomic E-state index is 12.9. The van der Waals surface area contributed by atoms with Crippen molar-refractivity contribution in [3.63, 3.8) is 0 Å². The van der Waals surface area contributed by atoms with Crippen LogP contribution >= 0.6 is 0 Å². The van der Waals surface area contributed by atoms with Crippen LogP contribution < -0.4 is 5.43 Å². The molecule has 6 heteroatoms. The van der Waals surface area contributed by atoms with E-state index in [-0.39, 0.29) is 17.4 Å². The third-order valence-electron chi connectivity index (χ3n) is 5.68. The molecule has 1 aromatic carbocycles. The van der Waals surface area contributed by atoms with Crippen LogP contribution in [0.15, 0.2) is 23.0 Å². The lowest BCUT2D eigenvalue weighted by Crippen LogP contribution is -2.49. The Morgan fingerprint density at radius 1 is 1.19 bits per heavy atom. The number of aromatic nitrogens is 1. The van der Waals surface area contributed by atoms with Crippen molar-refractivity contribution in [2.75, 3.05) is 32.8 Å². The number of aryl methyl sites for hydroxylation is 2. The summed E-state index contributed by atoms with van der Waals surface area (Å²) < 4.78 is 5.36. The molecule has 1 aromatic heterocycles. The molecule has 27 heavy (non-hydrogen) atoms. The number of morpholine rings is 1. The Bertz CT molecular complexity index is 915. The van der Waals surface area contributed by atoms with E-state index in [9.17, 15) is 9.59 Å². The Morgan fingerprint density at radius 3 is 2.74 bits per heavy atom. The van der Waals surface area contributed by atoms with Crippen LogP contribution in [0.5, 0.6) is 0 Å². The van der Waals surface area contributed by atoms with Gasteiger partial charge in [0.2, 0.25) is 5.91 Å². The molecule has 0 bridgehead atoms. The van der Waals surface area contributed by atoms with Crippen LogP contribution in [-0.4, -0.2) is 59.6 Å². The maximum atomic E-state index is 12.9. The predicted octanol–water partition coefficient (Wildman–Crippen LogP) is 1.97. The topological polar surface area (TPSA) is 65.6 Å². The quantitative estimate of drug-likeness (QED) is 0.898. The number of fused-ring (bicyclic) bond motifs is 1. The van der Waals surface area contributed by atoms with E-state index in [0.29, 0.717) is 32.8 Å². The van der Waals surface area contributed by atoms with Gasteiger partial charge in [-0.2, -0.15) is 0 Å². The van der Waals surface area contributed by atoms with Crippen LogP contribution in [-0.2, 0) is 16.1 Å². The summed E-state index contributed by atoms with van der Waals surface area (Å²) in [7, 11) is 0. The number of carbonyl (C=O) groups excluding carboxylic acids is 1. The molecule has 2 aliphatic heterocycles. The zero-order valence-electron chi connectivity index (χ0n) is 16.1. The third-order valence-corrected chi connectivity index (χ3v) is 5.68. The first-order valence-electron chi connectivity index (χ1n) is 9.76. The first kappa shape index (κ1) is 18.2. The molecule has 6 nitrogen and oxygen atoms in total. The molecule has 2 aliphatic rings. The number of hydrogen-bond acceptors (Lipinski definition) is 4. The van der Waals surface area contributed by atoms with E-state index in [1.807, 2.05) is 24.8 Å². The highest BCUT2D eigenvalue weighted by Crippen LogP contribution is 2.23. The number of amides is 1. The molecule has 2 saturated heterocycles. The molecule has 1 amide bonds. The van der Waals surface area contributed by atoms with Crippen LogP contribution in [0.4, 0.5) is 0 Å². The molecule has 1 N–H and O–H groups in total. The molecule has 1 atom stereocenters. The first-order chi connectivity index (χ1) is 13.0. The highest BCUT2D eigenvalue weighted by atomic mass is 16.5. The van der Waals surface area contributed by atoms with Gasteiger partial charge >= 0.3 is 0 Å². The van der Waals surface area contributed by atoms with Gasteiger partial charge in [-0.1, -0.05) is 6.07 Å². The molecule has 1 unspecified atom stereocenters. The van der Waals surface area contributed by atoms with Gasteiger partial charge in [0.05, 0.1) is 24.8 Å². The van der Waals surface area contributed by atoms with Gasteiger partial charge in [0.15, 0.2) is 5.43 Å². The van der Waals surface area contributed by atoms with E-state index in [1.165, 1.54) is 0 Å². The summed E-state index contributed by atoms with van der Waals surface area (Å²) in [6.07, 6.45) is 1.89. The summed E-state index contributed by atoms with van der Waals surface area (Å²) in [5, 5.41) is 0.735. The fraction of sp³-hybridized carbons (Fsp3) is 0.524. The Kier molecular flexibility index (Phi) is 5.02. The Labute approximate surface area is 159 Å². The maximum Gasteiger partial charge on any atom is 0.240 e. The number of benzene rings is 1. The zero-order valence-corrected chi connectivity index (χ0v) is 16.1. The van der Waals surface area contributed by atoms with Crippen LogP contribution in [0.1, 0.15) is 29.7 Å². The molecule has 2 fully saturated rings. The zero-order chi connectivity index (χ0) is 19.0. The van der Waals surface area contributed by atoms with Gasteiger partial charge in [0, 0.05) is 36.8 Å². The number of pyridine rings is 1. The number of rotatable bonds is 3. The molecule has 0 saturated carbocycles. The molecule has 0 radical (unpaired) electrons. The fourth-order valence-electron chi connectivity index (χ4n) is 4.35. The number of aromatic amines is 1. The third kappa shape index (κ3) is 3.64. The lowest BCUT2D eigenvalue weighted by atomic mass is 10.1. The summed E-state index contributed by atoms with van der Waals surface area (Å²) >= 11 is 0. The van der Waals surface area contributed by atoms with Crippen LogP contribution in [0.2, 0.25) is 0 Å². The molecule has 144 valence electrons. The highest BCUT2D eigenvalue weighted by Gasteiger charge is 2.34. The largest absolute Gasteiger partial charge is 0.378 e. The Hall–Kier alpha value is -2.18. The number of H-pyrrole nitrogens is 1. The molecule has 0 aliphatic carbocycles. The summed E-state index contributed by atoms with van der Waals surface area (Å²) in [6, 6.07) is 5.62. The average molecular weight is 369 g/mol. The highest BCUT2D eigenvalue weighted by molar-refractivity contribution is 5.83. The van der Waals surface area contributed by atoms with E-state index in [2.05, 4.69) is 16.0 Å². The van der Waals surface area contributed by atoms with Crippen molar-refractivity contribution in [1.82, 2.24) is 14.8 Å². The minimum absolute atomic E-state index is 0.0424. The number of hydrogen-bond donors (Lipinski definition) is 1. The van der Waals surface area contributed by atoms with E-state index >= 15 is 0 Å². The van der Waals surface area contributed by atoms with E-state index < -0.39 is 0 Å². The van der Waals surface area contributed by atoms with Crippen molar-refractivity contribution in [2.45, 2.75) is 39.3 Å². The number of ether oxygens (including phenoxy) is 1. The summed E-state index contributed by atoms with van der Waals surface area (Å²) in [5.41, 5.74) is 3.99. The minimum Gasteiger partial charge on any atom is -0.378 e. The number of nitrogens with one attached hydrogen (secondary N) is 1. The average Bonchev–Trinajstić information content (AvgIpc) is 3.11. The van der Waals surface area contributed by atoms with Gasteiger partial charge in [-0.3, -0.25) is 14.5 Å². The van der Waals surface area contributed by atoms with Gasteiger partial charge in [0.1, 0.15) is 0 Å². The SMILES string of the molecule is Cc1cc(C)c2[nH]c(CN3CCCC3C(=O)N3CCOCC3)cc(=O)c2c1. The second-order valence-electron chi connectivity index (χ2n) is 7.73. The Morgan fingerprint density at radius 2 is 1.96 bits per heavy atom. The summed E-state index contributed by atoms with van der Waals surface area (Å²) in [5.74, 6) is 0.200. The van der Waals surface area contributed by atoms with Crippen LogP contribution in [0.25, 0.3) is 10.9 Å². The second-order valence-corrected chi connectivity index (χ2v) is 7.73. The molecule has 4 rings (SSSR count). The van der Waals surface area contributed by atoms with Gasteiger partial charge in [-0.25, -0.2) is 0 Å². The van der Waals surface area contributed by atoms with Crippen LogP contribution in [0, 0.1) is 13.8 Å². The van der Waals surface area contributed by atoms with Crippen molar-refractivity contribution >= 4 is 16.8 Å². The minimum atomic E-state index is -0.0959. The Balaban J connectivity index is 1.57. The lowest BCUT2D eigenvalue weighted by molar-refractivity contribution is -0.140. The van der Waals surface area contributed by atoms with E-state index in [0.717, 1.165) is 47.1 Å². The van der Waals surface area contributed by atoms with Gasteiger partial charge in [-0.15, -0.1) is 0 Å². The van der Waals surface area contributed by atoms with Crippen molar-refractivity contribution in [2.24, 2.45) is 0 Å². The molecule has 3 heterocycles. The van der Waals surface area contributed by atoms with Crippen LogP contribution in [0.3, 0.4) is 0 Å². The molecular weight excluding hydrogens is 342 g/mol. The van der Waals surface area contributed by atoms with Gasteiger partial charge in [-0.05, 0) is 50.4 Å². The second kappa shape index (κ2) is 7.44. The monoisotopic (exact) mass is 369 g/mol. The van der Waals surface area contributed by atoms with E-state index in [4.69, 9.17) is 4.74 Å². The van der Waals surface area contributed by atoms with Gasteiger partial charge in [0.25, 0.3) is 0 Å². The van der Waals surface area contributed by atoms with Crippen molar-refractivity contribution in [3.05, 3.63) is 45.2 Å². The normalized spacial score (nSPS) is 21.1. The van der Waals surface area contributed by atoms with Gasteiger partial charge < -0.3 is 14.6 Å². The molecule has 0 spiro atoms. The lowest BCUT2D eigenvalue weighted by Gasteiger charge is -2.32. The van der Waals surface area contributed by atoms with Crippen molar-refractivity contribution in [3.8, 4) is 0 Å². The van der Waals surface area contributed by atoms with Crippen molar-refractivity contribution < 1.29 is 9.53 Å². The first-order valence-corrected chi connectivity index (χ1v) is 9.76. The standard InChI is InChI=1S/C21H27N3O3/c1-14-10-15(2)20-17(11-14)19(25)12-16(22-20)13-24-5-3-4-18(24)21(26)23-6-8-27-9-7-23/h10-12,18H,3-9,13H2,1-2H3,(H,22,25). The molecular formula is C21H27N3O3.